The minimum absolute atomic E-state index is 0.0873. The number of nitrogens with two attached hydrogens (primary N) is 1. The van der Waals surface area contributed by atoms with Crippen LogP contribution in [-0.2, 0) is 7.05 Å². The van der Waals surface area contributed by atoms with Crippen molar-refractivity contribution in [3.8, 4) is 16.8 Å². The van der Waals surface area contributed by atoms with Gasteiger partial charge >= 0.3 is 5.69 Å². The number of halogens is 1. The Morgan fingerprint density at radius 3 is 2.41 bits per heavy atom. The molecular weight excluding hydrogens is 477 g/mol. The number of fused-ring (bicyclic) bond motifs is 1. The van der Waals surface area contributed by atoms with Gasteiger partial charge in [0.05, 0.1) is 28.1 Å². The van der Waals surface area contributed by atoms with Crippen molar-refractivity contribution in [2.75, 3.05) is 5.32 Å². The van der Waals surface area contributed by atoms with E-state index >= 15 is 0 Å². The predicted molar refractivity (Wildman–Crippen MR) is 135 cm³/mol. The number of amides is 2. The van der Waals surface area contributed by atoms with E-state index in [0.29, 0.717) is 22.7 Å². The fourth-order valence-electron chi connectivity index (χ4n) is 4.25. The molecule has 0 radical (unpaired) electrons. The minimum atomic E-state index is -0.935. The van der Waals surface area contributed by atoms with Crippen molar-refractivity contribution in [3.05, 3.63) is 100 Å². The summed E-state index contributed by atoms with van der Waals surface area (Å²) in [5.41, 5.74) is 7.99. The normalized spacial score (nSPS) is 11.1. The van der Waals surface area contributed by atoms with E-state index < -0.39 is 17.6 Å². The summed E-state index contributed by atoms with van der Waals surface area (Å²) in [6, 6.07) is 13.2. The molecule has 0 spiro atoms. The van der Waals surface area contributed by atoms with Gasteiger partial charge in [-0.05, 0) is 49.7 Å². The van der Waals surface area contributed by atoms with Crippen molar-refractivity contribution >= 4 is 23.0 Å². The topological polar surface area (TPSA) is 129 Å². The number of carbonyl (C=O) groups is 2. The van der Waals surface area contributed by atoms with Gasteiger partial charge in [0.2, 0.25) is 0 Å². The second-order valence-corrected chi connectivity index (χ2v) is 8.57. The summed E-state index contributed by atoms with van der Waals surface area (Å²) >= 11 is 0. The quantitative estimate of drug-likeness (QED) is 0.384. The largest absolute Gasteiger partial charge is 0.366 e. The number of rotatable bonds is 5. The molecule has 0 aliphatic carbocycles. The van der Waals surface area contributed by atoms with Gasteiger partial charge in [-0.25, -0.2) is 23.4 Å². The molecule has 37 heavy (non-hydrogen) atoms. The number of benzene rings is 2. The Morgan fingerprint density at radius 1 is 1.03 bits per heavy atom. The Morgan fingerprint density at radius 2 is 1.76 bits per heavy atom. The molecule has 186 valence electrons. The van der Waals surface area contributed by atoms with Crippen LogP contribution < -0.4 is 16.7 Å². The first-order chi connectivity index (χ1) is 17.6. The van der Waals surface area contributed by atoms with Gasteiger partial charge in [0.25, 0.3) is 11.8 Å². The van der Waals surface area contributed by atoms with E-state index in [1.807, 2.05) is 30.5 Å². The van der Waals surface area contributed by atoms with Crippen molar-refractivity contribution in [1.82, 2.24) is 23.7 Å². The standard InChI is InChI=1S/C26H22FN7O3/c1-14-12-33-13-17(16-7-9-18(10-8-16)34-15(2)31-32(3)26(34)37)11-21(33)23(29-14)25(36)30-20-6-4-5-19(22(20)27)24(28)35/h4-13H,1-3H3,(H2,28,35)(H,30,36). The lowest BCUT2D eigenvalue weighted by Crippen LogP contribution is -2.21. The number of anilines is 1. The van der Waals surface area contributed by atoms with Gasteiger partial charge in [-0.1, -0.05) is 18.2 Å². The molecule has 10 nitrogen and oxygen atoms in total. The molecule has 0 saturated heterocycles. The first-order valence-corrected chi connectivity index (χ1v) is 11.3. The summed E-state index contributed by atoms with van der Waals surface area (Å²) in [6.07, 6.45) is 3.63. The Hall–Kier alpha value is -5.06. The highest BCUT2D eigenvalue weighted by molar-refractivity contribution is 6.08. The lowest BCUT2D eigenvalue weighted by Gasteiger charge is -2.09. The zero-order chi connectivity index (χ0) is 26.4. The molecule has 3 heterocycles. The molecule has 0 fully saturated rings. The van der Waals surface area contributed by atoms with Gasteiger partial charge in [-0.2, -0.15) is 5.10 Å². The fourth-order valence-corrected chi connectivity index (χ4v) is 4.25. The van der Waals surface area contributed by atoms with E-state index in [9.17, 15) is 18.8 Å². The highest BCUT2D eigenvalue weighted by Gasteiger charge is 2.19. The summed E-state index contributed by atoms with van der Waals surface area (Å²) in [7, 11) is 1.60. The molecule has 11 heteroatoms. The third-order valence-corrected chi connectivity index (χ3v) is 5.98. The third kappa shape index (κ3) is 4.16. The number of nitrogens with zero attached hydrogens (tertiary/aromatic N) is 5. The van der Waals surface area contributed by atoms with Crippen LogP contribution in [0.3, 0.4) is 0 Å². The smallest absolute Gasteiger partial charge is 0.350 e. The summed E-state index contributed by atoms with van der Waals surface area (Å²) in [5.74, 6) is -1.91. The predicted octanol–water partition coefficient (Wildman–Crippen LogP) is 2.99. The van der Waals surface area contributed by atoms with Crippen LogP contribution in [0.25, 0.3) is 22.3 Å². The van der Waals surface area contributed by atoms with Crippen LogP contribution >= 0.6 is 0 Å². The van der Waals surface area contributed by atoms with Crippen molar-refractivity contribution in [2.24, 2.45) is 12.8 Å². The van der Waals surface area contributed by atoms with Crippen LogP contribution in [0.2, 0.25) is 0 Å². The lowest BCUT2D eigenvalue weighted by molar-refractivity contribution is 0.0991. The third-order valence-electron chi connectivity index (χ3n) is 5.98. The highest BCUT2D eigenvalue weighted by Crippen LogP contribution is 2.26. The second-order valence-electron chi connectivity index (χ2n) is 8.57. The van der Waals surface area contributed by atoms with Gasteiger partial charge in [0.15, 0.2) is 11.5 Å². The fraction of sp³-hybridized carbons (Fsp3) is 0.115. The van der Waals surface area contributed by atoms with Crippen LogP contribution in [-0.4, -0.2) is 35.5 Å². The number of primary amides is 1. The molecular formula is C26H22FN7O3. The molecule has 2 aromatic carbocycles. The summed E-state index contributed by atoms with van der Waals surface area (Å²) in [4.78, 5) is 41.3. The molecule has 0 saturated carbocycles. The van der Waals surface area contributed by atoms with Crippen molar-refractivity contribution < 1.29 is 14.0 Å². The summed E-state index contributed by atoms with van der Waals surface area (Å²) in [5, 5.41) is 6.64. The van der Waals surface area contributed by atoms with Gasteiger partial charge in [-0.3, -0.25) is 9.59 Å². The number of aromatic nitrogens is 5. The molecule has 5 aromatic rings. The first kappa shape index (κ1) is 23.7. The molecule has 3 N–H and O–H groups in total. The van der Waals surface area contributed by atoms with E-state index in [1.54, 1.807) is 37.6 Å². The van der Waals surface area contributed by atoms with Crippen LogP contribution in [0.5, 0.6) is 0 Å². The van der Waals surface area contributed by atoms with Crippen molar-refractivity contribution in [2.45, 2.75) is 13.8 Å². The molecule has 0 aliphatic rings. The Bertz CT molecular complexity index is 1760. The van der Waals surface area contributed by atoms with E-state index in [0.717, 1.165) is 11.1 Å². The average Bonchev–Trinajstić information content (AvgIpc) is 3.39. The Labute approximate surface area is 209 Å². The molecule has 5 rings (SSSR count). The summed E-state index contributed by atoms with van der Waals surface area (Å²) in [6.45, 7) is 3.50. The van der Waals surface area contributed by atoms with Crippen LogP contribution in [0.15, 0.2) is 65.7 Å². The lowest BCUT2D eigenvalue weighted by atomic mass is 10.1. The Kier molecular flexibility index (Phi) is 5.67. The van der Waals surface area contributed by atoms with Gasteiger partial charge < -0.3 is 15.5 Å². The molecule has 0 bridgehead atoms. The summed E-state index contributed by atoms with van der Waals surface area (Å²) < 4.78 is 19.2. The van der Waals surface area contributed by atoms with E-state index in [2.05, 4.69) is 15.4 Å². The number of nitrogens with one attached hydrogen (secondary N) is 1. The average molecular weight is 500 g/mol. The minimum Gasteiger partial charge on any atom is -0.366 e. The SMILES string of the molecule is Cc1cn2cc(-c3ccc(-n4c(C)nn(C)c4=O)cc3)cc2c(C(=O)Nc2cccc(C(N)=O)c2F)n1. The second kappa shape index (κ2) is 8.86. The monoisotopic (exact) mass is 499 g/mol. The maximum absolute atomic E-state index is 14.7. The van der Waals surface area contributed by atoms with Crippen LogP contribution in [0, 0.1) is 19.7 Å². The number of carbonyl (C=O) groups excluding carboxylic acids is 2. The maximum atomic E-state index is 14.7. The maximum Gasteiger partial charge on any atom is 0.350 e. The van der Waals surface area contributed by atoms with Crippen LogP contribution in [0.4, 0.5) is 10.1 Å². The molecule has 2 amide bonds. The van der Waals surface area contributed by atoms with Gasteiger partial charge in [0.1, 0.15) is 5.82 Å². The van der Waals surface area contributed by atoms with E-state index in [1.165, 1.54) is 27.4 Å². The van der Waals surface area contributed by atoms with Crippen molar-refractivity contribution in [1.29, 1.82) is 0 Å². The van der Waals surface area contributed by atoms with E-state index in [4.69, 9.17) is 5.73 Å². The number of hydrogen-bond acceptors (Lipinski definition) is 5. The first-order valence-electron chi connectivity index (χ1n) is 11.3. The number of hydrogen-bond donors (Lipinski definition) is 2. The molecule has 3 aromatic heterocycles. The molecule has 0 atom stereocenters. The van der Waals surface area contributed by atoms with E-state index in [-0.39, 0.29) is 22.6 Å². The van der Waals surface area contributed by atoms with Gasteiger partial charge in [-0.15, -0.1) is 0 Å². The Balaban J connectivity index is 1.50. The van der Waals surface area contributed by atoms with Crippen molar-refractivity contribution in [3.63, 3.8) is 0 Å². The van der Waals surface area contributed by atoms with Crippen LogP contribution in [0.1, 0.15) is 32.4 Å². The molecule has 0 unspecified atom stereocenters. The molecule has 0 aliphatic heterocycles. The van der Waals surface area contributed by atoms with Gasteiger partial charge in [0, 0.05) is 25.0 Å². The zero-order valence-corrected chi connectivity index (χ0v) is 20.2. The zero-order valence-electron chi connectivity index (χ0n) is 20.2. The number of aryl methyl sites for hydroxylation is 3. The highest BCUT2D eigenvalue weighted by atomic mass is 19.1.